The van der Waals surface area contributed by atoms with E-state index in [1.807, 2.05) is 12.1 Å². The van der Waals surface area contributed by atoms with Crippen molar-refractivity contribution < 1.29 is 43.1 Å². The van der Waals surface area contributed by atoms with Crippen LogP contribution in [0.4, 0.5) is 0 Å². The maximum Gasteiger partial charge on any atom is 0.329 e. The Morgan fingerprint density at radius 2 is 1.49 bits per heavy atom. The fourth-order valence-electron chi connectivity index (χ4n) is 6.72. The summed E-state index contributed by atoms with van der Waals surface area (Å²) in [7, 11) is 7.75. The summed E-state index contributed by atoms with van der Waals surface area (Å²) in [6, 6.07) is 8.88. The Bertz CT molecular complexity index is 1230. The molecule has 2 aromatic carbocycles. The molecule has 0 bridgehead atoms. The summed E-state index contributed by atoms with van der Waals surface area (Å²) < 4.78 is 33.5. The molecule has 1 amide bonds. The number of hydrogen-bond acceptors (Lipinski definition) is 8. The Labute approximate surface area is 254 Å². The van der Waals surface area contributed by atoms with Gasteiger partial charge in [-0.25, -0.2) is 4.79 Å². The number of nitrogens with zero attached hydrogens (tertiary/aromatic N) is 1. The van der Waals surface area contributed by atoms with Crippen LogP contribution in [0.5, 0.6) is 34.5 Å². The molecule has 10 nitrogen and oxygen atoms in total. The van der Waals surface area contributed by atoms with Crippen molar-refractivity contribution in [2.24, 2.45) is 5.92 Å². The summed E-state index contributed by atoms with van der Waals surface area (Å²) in [5.74, 6) is 1.35. The summed E-state index contributed by atoms with van der Waals surface area (Å²) in [6.07, 6.45) is 6.93. The summed E-state index contributed by atoms with van der Waals surface area (Å²) in [6.45, 7) is 0.485. The van der Waals surface area contributed by atoms with Crippen molar-refractivity contribution in [3.63, 3.8) is 0 Å². The van der Waals surface area contributed by atoms with E-state index in [1.165, 1.54) is 0 Å². The SMILES string of the molecule is COc1ccc(OCC[C@]2(C(=O)O)CCCCN2C(=O)[C@H](c2cc(OC)c(OC)c(OC)c2)C2CCCCC2)cc1OC. The molecule has 1 heterocycles. The second-order valence-corrected chi connectivity index (χ2v) is 11.2. The van der Waals surface area contributed by atoms with Gasteiger partial charge in [0.1, 0.15) is 11.3 Å². The van der Waals surface area contributed by atoms with E-state index in [0.717, 1.165) is 44.1 Å². The Kier molecular flexibility index (Phi) is 10.9. The number of methoxy groups -OCH3 is 5. The van der Waals surface area contributed by atoms with Crippen LogP contribution in [0.3, 0.4) is 0 Å². The highest BCUT2D eigenvalue weighted by Gasteiger charge is 2.50. The zero-order chi connectivity index (χ0) is 31.0. The van der Waals surface area contributed by atoms with E-state index < -0.39 is 17.4 Å². The number of carbonyl (C=O) groups excluding carboxylic acids is 1. The molecule has 1 N–H and O–H groups in total. The molecule has 1 saturated heterocycles. The molecule has 43 heavy (non-hydrogen) atoms. The van der Waals surface area contributed by atoms with E-state index >= 15 is 0 Å². The fraction of sp³-hybridized carbons (Fsp3) is 0.576. The molecule has 0 unspecified atom stereocenters. The largest absolute Gasteiger partial charge is 0.493 e. The quantitative estimate of drug-likeness (QED) is 0.310. The predicted octanol–water partition coefficient (Wildman–Crippen LogP) is 5.70. The number of rotatable bonds is 13. The molecule has 2 fully saturated rings. The van der Waals surface area contributed by atoms with E-state index in [2.05, 4.69) is 0 Å². The maximum absolute atomic E-state index is 14.7. The second kappa shape index (κ2) is 14.6. The minimum Gasteiger partial charge on any atom is -0.493 e. The van der Waals surface area contributed by atoms with Crippen molar-refractivity contribution in [1.82, 2.24) is 4.90 Å². The topological polar surface area (TPSA) is 113 Å². The summed E-state index contributed by atoms with van der Waals surface area (Å²) in [4.78, 5) is 29.5. The molecule has 1 saturated carbocycles. The molecule has 0 spiro atoms. The van der Waals surface area contributed by atoms with Crippen molar-refractivity contribution in [1.29, 1.82) is 0 Å². The third-order valence-corrected chi connectivity index (χ3v) is 8.98. The lowest BCUT2D eigenvalue weighted by atomic mass is 9.74. The lowest BCUT2D eigenvalue weighted by Crippen LogP contribution is -2.61. The van der Waals surface area contributed by atoms with E-state index in [0.29, 0.717) is 53.9 Å². The first-order valence-electron chi connectivity index (χ1n) is 15.0. The number of carboxylic acids is 1. The normalized spacial score (nSPS) is 19.7. The van der Waals surface area contributed by atoms with Gasteiger partial charge in [0.25, 0.3) is 0 Å². The van der Waals surface area contributed by atoms with E-state index in [4.69, 9.17) is 28.4 Å². The second-order valence-electron chi connectivity index (χ2n) is 11.2. The van der Waals surface area contributed by atoms with Gasteiger partial charge in [-0.3, -0.25) is 4.79 Å². The molecule has 0 radical (unpaired) electrons. The molecule has 10 heteroatoms. The molecule has 236 valence electrons. The van der Waals surface area contributed by atoms with Crippen LogP contribution in [0, 0.1) is 5.92 Å². The number of piperidine rings is 1. The molecule has 2 aromatic rings. The number of aliphatic carboxylic acids is 1. The van der Waals surface area contributed by atoms with Gasteiger partial charge in [0, 0.05) is 19.0 Å². The smallest absolute Gasteiger partial charge is 0.329 e. The van der Waals surface area contributed by atoms with Crippen LogP contribution in [0.25, 0.3) is 0 Å². The summed E-state index contributed by atoms with van der Waals surface area (Å²) in [5.41, 5.74) is -0.641. The predicted molar refractivity (Wildman–Crippen MR) is 161 cm³/mol. The zero-order valence-corrected chi connectivity index (χ0v) is 26.0. The van der Waals surface area contributed by atoms with Crippen molar-refractivity contribution in [2.75, 3.05) is 48.7 Å². The number of benzene rings is 2. The zero-order valence-electron chi connectivity index (χ0n) is 26.0. The van der Waals surface area contributed by atoms with Gasteiger partial charge < -0.3 is 38.4 Å². The van der Waals surface area contributed by atoms with Crippen molar-refractivity contribution in [3.05, 3.63) is 35.9 Å². The highest BCUT2D eigenvalue weighted by Crippen LogP contribution is 2.46. The number of carbonyl (C=O) groups is 2. The van der Waals surface area contributed by atoms with Gasteiger partial charge in [0.15, 0.2) is 23.0 Å². The standard InChI is InChI=1S/C33H45NO9/c1-38-25-14-13-24(21-26(25)39-2)43-18-16-33(32(36)37)15-9-10-17-34(33)31(35)29(22-11-7-6-8-12-22)23-19-27(40-3)30(42-5)28(20-23)41-4/h13-14,19-22,29H,6-12,15-18H2,1-5H3,(H,36,37)/t29-,33-/m0/s1. The van der Waals surface area contributed by atoms with Crippen LogP contribution < -0.4 is 28.4 Å². The van der Waals surface area contributed by atoms with Crippen molar-refractivity contribution in [3.8, 4) is 34.5 Å². The molecule has 4 rings (SSSR count). The monoisotopic (exact) mass is 599 g/mol. The Morgan fingerprint density at radius 3 is 2.07 bits per heavy atom. The number of ether oxygens (including phenoxy) is 6. The van der Waals surface area contributed by atoms with Crippen molar-refractivity contribution >= 4 is 11.9 Å². The molecule has 1 aliphatic heterocycles. The van der Waals surface area contributed by atoms with Gasteiger partial charge in [0.05, 0.1) is 48.1 Å². The van der Waals surface area contributed by atoms with Crippen LogP contribution in [0.15, 0.2) is 30.3 Å². The summed E-state index contributed by atoms with van der Waals surface area (Å²) >= 11 is 0. The Morgan fingerprint density at radius 1 is 0.837 bits per heavy atom. The van der Waals surface area contributed by atoms with Gasteiger partial charge >= 0.3 is 5.97 Å². The first-order valence-corrected chi connectivity index (χ1v) is 15.0. The van der Waals surface area contributed by atoms with Gasteiger partial charge in [-0.15, -0.1) is 0 Å². The number of amides is 1. The van der Waals surface area contributed by atoms with Crippen LogP contribution in [0.1, 0.15) is 69.3 Å². The Hall–Kier alpha value is -3.82. The first-order chi connectivity index (χ1) is 20.8. The maximum atomic E-state index is 14.7. The van der Waals surface area contributed by atoms with Gasteiger partial charge in [-0.05, 0) is 67.9 Å². The highest BCUT2D eigenvalue weighted by atomic mass is 16.5. The molecule has 0 aromatic heterocycles. The lowest BCUT2D eigenvalue weighted by molar-refractivity contribution is -0.165. The molecule has 1 aliphatic carbocycles. The Balaban J connectivity index is 1.68. The van der Waals surface area contributed by atoms with E-state index in [-0.39, 0.29) is 24.9 Å². The molecular weight excluding hydrogens is 554 g/mol. The van der Waals surface area contributed by atoms with Crippen LogP contribution >= 0.6 is 0 Å². The average Bonchev–Trinajstić information content (AvgIpc) is 3.04. The molecule has 2 aliphatic rings. The van der Waals surface area contributed by atoms with Gasteiger partial charge in [0.2, 0.25) is 11.7 Å². The fourth-order valence-corrected chi connectivity index (χ4v) is 6.72. The van der Waals surface area contributed by atoms with E-state index in [1.54, 1.807) is 58.6 Å². The van der Waals surface area contributed by atoms with Crippen LogP contribution in [-0.4, -0.2) is 76.1 Å². The number of likely N-dealkylation sites (tertiary alicyclic amines) is 1. The molecule has 2 atom stereocenters. The third kappa shape index (κ3) is 6.73. The molecular formula is C33H45NO9. The minimum absolute atomic E-state index is 0.0699. The number of hydrogen-bond donors (Lipinski definition) is 1. The first kappa shape index (κ1) is 32.1. The van der Waals surface area contributed by atoms with Crippen LogP contribution in [-0.2, 0) is 9.59 Å². The number of carboxylic acid groups (broad SMARTS) is 1. The third-order valence-electron chi connectivity index (χ3n) is 8.98. The highest BCUT2D eigenvalue weighted by molar-refractivity contribution is 5.91. The van der Waals surface area contributed by atoms with Gasteiger partial charge in [-0.1, -0.05) is 19.3 Å². The average molecular weight is 600 g/mol. The van der Waals surface area contributed by atoms with Crippen LogP contribution in [0.2, 0.25) is 0 Å². The lowest BCUT2D eigenvalue weighted by Gasteiger charge is -2.46. The van der Waals surface area contributed by atoms with Crippen molar-refractivity contribution in [2.45, 2.75) is 69.2 Å². The minimum atomic E-state index is -1.39. The van der Waals surface area contributed by atoms with Gasteiger partial charge in [-0.2, -0.15) is 0 Å². The summed E-state index contributed by atoms with van der Waals surface area (Å²) in [5, 5.41) is 10.7. The van der Waals surface area contributed by atoms with E-state index in [9.17, 15) is 14.7 Å².